The molecule has 0 fully saturated rings. The van der Waals surface area contributed by atoms with Crippen molar-refractivity contribution < 1.29 is 28.9 Å². The maximum Gasteiger partial charge on any atom is 0.344 e. The predicted octanol–water partition coefficient (Wildman–Crippen LogP) is 6.74. The zero-order valence-corrected chi connectivity index (χ0v) is 23.0. The van der Waals surface area contributed by atoms with E-state index in [0.29, 0.717) is 38.6 Å². The van der Waals surface area contributed by atoms with Crippen molar-refractivity contribution >= 4 is 50.7 Å². The first kappa shape index (κ1) is 27.2. The van der Waals surface area contributed by atoms with E-state index in [1.54, 1.807) is 55.5 Å². The van der Waals surface area contributed by atoms with Gasteiger partial charge in [-0.2, -0.15) is 0 Å². The fourth-order valence-corrected chi connectivity index (χ4v) is 4.98. The Kier molecular flexibility index (Phi) is 9.04. The third kappa shape index (κ3) is 6.35. The third-order valence-corrected chi connectivity index (χ3v) is 7.11. The Balaban J connectivity index is 1.66. The minimum atomic E-state index is -0.762. The number of aliphatic hydroxyl groups excluding tert-OH is 1. The van der Waals surface area contributed by atoms with Crippen molar-refractivity contribution in [3.8, 4) is 11.5 Å². The average Bonchev–Trinajstić information content (AvgIpc) is 3.23. The molecule has 1 aliphatic rings. The summed E-state index contributed by atoms with van der Waals surface area (Å²) < 4.78 is 17.3. The molecule has 0 saturated carbocycles. The van der Waals surface area contributed by atoms with Gasteiger partial charge in [0.25, 0.3) is 5.91 Å². The Hall–Kier alpha value is -3.82. The van der Waals surface area contributed by atoms with E-state index in [2.05, 4.69) is 20.9 Å². The van der Waals surface area contributed by atoms with Crippen LogP contribution in [0.2, 0.25) is 0 Å². The molecule has 1 N–H and O–H groups in total. The molecule has 1 aliphatic heterocycles. The van der Waals surface area contributed by atoms with E-state index >= 15 is 0 Å². The van der Waals surface area contributed by atoms with Gasteiger partial charge in [-0.3, -0.25) is 4.79 Å². The summed E-state index contributed by atoms with van der Waals surface area (Å²) in [7, 11) is 1.54. The van der Waals surface area contributed by atoms with E-state index in [-0.39, 0.29) is 23.0 Å². The molecule has 0 radical (unpaired) electrons. The number of esters is 1. The van der Waals surface area contributed by atoms with Gasteiger partial charge < -0.3 is 19.3 Å². The van der Waals surface area contributed by atoms with Crippen LogP contribution in [0.15, 0.2) is 98.5 Å². The number of aliphatic imine (C=N–C) groups is 1. The Morgan fingerprint density at radius 2 is 1.71 bits per heavy atom. The number of benzene rings is 3. The molecule has 0 aromatic heterocycles. The second-order valence-corrected chi connectivity index (χ2v) is 9.83. The highest BCUT2D eigenvalue weighted by molar-refractivity contribution is 9.10. The van der Waals surface area contributed by atoms with Crippen LogP contribution in [0.3, 0.4) is 0 Å². The lowest BCUT2D eigenvalue weighted by Gasteiger charge is -2.13. The summed E-state index contributed by atoms with van der Waals surface area (Å²) >= 11 is 4.56. The zero-order valence-electron chi connectivity index (χ0n) is 20.6. The monoisotopic (exact) mass is 593 g/mol. The zero-order chi connectivity index (χ0) is 27.1. The molecule has 0 unspecified atom stereocenters. The van der Waals surface area contributed by atoms with Gasteiger partial charge in [-0.25, -0.2) is 9.79 Å². The number of rotatable bonds is 8. The van der Waals surface area contributed by atoms with Crippen LogP contribution < -0.4 is 9.47 Å². The number of aliphatic hydroxyl groups is 1. The van der Waals surface area contributed by atoms with E-state index in [1.165, 1.54) is 7.11 Å². The van der Waals surface area contributed by atoms with Crippen LogP contribution in [-0.4, -0.2) is 35.7 Å². The van der Waals surface area contributed by atoms with E-state index in [4.69, 9.17) is 14.2 Å². The van der Waals surface area contributed by atoms with Crippen molar-refractivity contribution in [3.63, 3.8) is 0 Å². The molecule has 3 aromatic carbocycles. The molecular formula is C29H24BrNO6S. The molecule has 0 atom stereocenters. The number of nitrogens with zero attached hydrogens (tertiary/aromatic N) is 1. The van der Waals surface area contributed by atoms with Gasteiger partial charge in [0.1, 0.15) is 23.0 Å². The highest BCUT2D eigenvalue weighted by atomic mass is 79.9. The van der Waals surface area contributed by atoms with Crippen LogP contribution in [0.25, 0.3) is 6.08 Å². The van der Waals surface area contributed by atoms with Crippen LogP contribution in [0.4, 0.5) is 0 Å². The first-order valence-electron chi connectivity index (χ1n) is 11.6. The lowest BCUT2D eigenvalue weighted by Crippen LogP contribution is -2.14. The van der Waals surface area contributed by atoms with Crippen molar-refractivity contribution in [1.82, 2.24) is 0 Å². The number of hydrogen-bond donors (Lipinski definition) is 1. The Labute approximate surface area is 233 Å². The molecule has 9 heteroatoms. The number of methoxy groups -OCH3 is 1. The maximum absolute atomic E-state index is 12.7. The number of hydrogen-bond acceptors (Lipinski definition) is 7. The van der Waals surface area contributed by atoms with Crippen LogP contribution >= 0.6 is 27.7 Å². The van der Waals surface area contributed by atoms with E-state index in [1.807, 2.05) is 30.3 Å². The fraction of sp³-hybridized carbons (Fsp3) is 0.138. The van der Waals surface area contributed by atoms with Gasteiger partial charge in [-0.15, -0.1) is 0 Å². The van der Waals surface area contributed by atoms with Crippen molar-refractivity contribution in [1.29, 1.82) is 0 Å². The second kappa shape index (κ2) is 12.6. The van der Waals surface area contributed by atoms with Gasteiger partial charge in [-0.05, 0) is 48.4 Å². The number of carbonyl (C=O) groups excluding carboxylic acids is 2. The number of carbonyl (C=O) groups is 2. The second-order valence-electron chi connectivity index (χ2n) is 7.94. The summed E-state index contributed by atoms with van der Waals surface area (Å²) in [5.41, 5.74) is 1.87. The molecule has 3 aromatic rings. The quantitative estimate of drug-likeness (QED) is 0.289. The average molecular weight is 594 g/mol. The standard InChI is InChI=1S/C29H24BrNO6S/c1-3-36-29(34)25-26(32)24(38-28(25)31-27(33)19-12-8-5-9-13-19)15-20-14-22(35-2)23(16-21(20)30)37-17-18-10-6-4-7-11-18/h4-16,32H,3,17H2,1-2H3/b24-15-,31-28?. The Bertz CT molecular complexity index is 1430. The molecule has 194 valence electrons. The Morgan fingerprint density at radius 3 is 2.37 bits per heavy atom. The minimum absolute atomic E-state index is 0.0620. The highest BCUT2D eigenvalue weighted by Crippen LogP contribution is 2.42. The molecular weight excluding hydrogens is 570 g/mol. The molecule has 0 bridgehead atoms. The van der Waals surface area contributed by atoms with Gasteiger partial charge in [-0.1, -0.05) is 76.2 Å². The molecule has 0 saturated heterocycles. The topological polar surface area (TPSA) is 94.4 Å². The lowest BCUT2D eigenvalue weighted by molar-refractivity contribution is -0.138. The van der Waals surface area contributed by atoms with E-state index < -0.39 is 11.9 Å². The SMILES string of the molecule is CCOC(=O)C1=C(O)/C(=C/c2cc(OC)c(OCc3ccccc3)cc2Br)SC1=NC(=O)c1ccccc1. The van der Waals surface area contributed by atoms with Crippen molar-refractivity contribution in [2.45, 2.75) is 13.5 Å². The normalized spacial score (nSPS) is 15.1. The maximum atomic E-state index is 12.7. The first-order valence-corrected chi connectivity index (χ1v) is 13.2. The van der Waals surface area contributed by atoms with E-state index in [9.17, 15) is 14.7 Å². The molecule has 0 aliphatic carbocycles. The largest absolute Gasteiger partial charge is 0.506 e. The van der Waals surface area contributed by atoms with Crippen LogP contribution in [0, 0.1) is 0 Å². The summed E-state index contributed by atoms with van der Waals surface area (Å²) in [6, 6.07) is 21.8. The highest BCUT2D eigenvalue weighted by Gasteiger charge is 2.34. The molecule has 0 spiro atoms. The van der Waals surface area contributed by atoms with Gasteiger partial charge in [0.2, 0.25) is 0 Å². The first-order chi connectivity index (χ1) is 18.4. The van der Waals surface area contributed by atoms with Gasteiger partial charge >= 0.3 is 5.97 Å². The summed E-state index contributed by atoms with van der Waals surface area (Å²) in [5, 5.41) is 11.0. The number of thioether (sulfide) groups is 1. The van der Waals surface area contributed by atoms with Gasteiger partial charge in [0, 0.05) is 10.0 Å². The van der Waals surface area contributed by atoms with Crippen LogP contribution in [0.5, 0.6) is 11.5 Å². The van der Waals surface area contributed by atoms with Crippen molar-refractivity contribution in [2.24, 2.45) is 4.99 Å². The van der Waals surface area contributed by atoms with E-state index in [0.717, 1.165) is 17.3 Å². The number of amides is 1. The Morgan fingerprint density at radius 1 is 1.03 bits per heavy atom. The summed E-state index contributed by atoms with van der Waals surface area (Å²) in [5.74, 6) is -0.592. The summed E-state index contributed by atoms with van der Waals surface area (Å²) in [6.45, 7) is 2.12. The van der Waals surface area contributed by atoms with Gasteiger partial charge in [0.05, 0.1) is 18.6 Å². The number of ether oxygens (including phenoxy) is 3. The third-order valence-electron chi connectivity index (χ3n) is 5.40. The van der Waals surface area contributed by atoms with Crippen LogP contribution in [0.1, 0.15) is 28.4 Å². The number of halogens is 1. The van der Waals surface area contributed by atoms with Crippen molar-refractivity contribution in [3.05, 3.63) is 110 Å². The molecule has 4 rings (SSSR count). The minimum Gasteiger partial charge on any atom is -0.506 e. The van der Waals surface area contributed by atoms with Crippen LogP contribution in [-0.2, 0) is 16.1 Å². The van der Waals surface area contributed by atoms with Gasteiger partial charge in [0.15, 0.2) is 11.5 Å². The van der Waals surface area contributed by atoms with Crippen molar-refractivity contribution in [2.75, 3.05) is 13.7 Å². The molecule has 1 heterocycles. The fourth-order valence-electron chi connectivity index (χ4n) is 3.54. The predicted molar refractivity (Wildman–Crippen MR) is 152 cm³/mol. The molecule has 1 amide bonds. The summed E-state index contributed by atoms with van der Waals surface area (Å²) in [6.07, 6.45) is 1.67. The molecule has 38 heavy (non-hydrogen) atoms. The smallest absolute Gasteiger partial charge is 0.344 e. The summed E-state index contributed by atoms with van der Waals surface area (Å²) in [4.78, 5) is 29.8. The lowest BCUT2D eigenvalue weighted by atomic mass is 10.1. The molecule has 7 nitrogen and oxygen atoms in total.